The Kier molecular flexibility index (Phi) is 5.66. The molecular weight excluding hydrogens is 308 g/mol. The molecular formula is C15H23ClN2O2S. The number of benzene rings is 1. The predicted molar refractivity (Wildman–Crippen MR) is 86.0 cm³/mol. The van der Waals surface area contributed by atoms with Gasteiger partial charge in [0, 0.05) is 19.6 Å². The van der Waals surface area contributed by atoms with Crippen LogP contribution in [0.5, 0.6) is 0 Å². The van der Waals surface area contributed by atoms with Crippen LogP contribution in [0.1, 0.15) is 31.7 Å². The van der Waals surface area contributed by atoms with E-state index in [-0.39, 0.29) is 4.90 Å². The molecule has 1 saturated heterocycles. The molecule has 1 aliphatic heterocycles. The maximum absolute atomic E-state index is 12.8. The van der Waals surface area contributed by atoms with Crippen LogP contribution in [0.25, 0.3) is 0 Å². The maximum atomic E-state index is 12.8. The van der Waals surface area contributed by atoms with Gasteiger partial charge in [0.2, 0.25) is 10.0 Å². The van der Waals surface area contributed by atoms with E-state index in [9.17, 15) is 8.42 Å². The van der Waals surface area contributed by atoms with Crippen molar-refractivity contribution >= 4 is 21.6 Å². The van der Waals surface area contributed by atoms with E-state index in [4.69, 9.17) is 11.6 Å². The minimum absolute atomic E-state index is 0.230. The number of nitrogens with one attached hydrogen (secondary N) is 1. The smallest absolute Gasteiger partial charge is 0.244 e. The van der Waals surface area contributed by atoms with E-state index in [0.29, 0.717) is 30.6 Å². The fraction of sp³-hybridized carbons (Fsp3) is 0.600. The van der Waals surface area contributed by atoms with Crippen molar-refractivity contribution in [1.82, 2.24) is 9.62 Å². The summed E-state index contributed by atoms with van der Waals surface area (Å²) in [6, 6.07) is 5.20. The van der Waals surface area contributed by atoms with Crippen molar-refractivity contribution in [1.29, 1.82) is 0 Å². The van der Waals surface area contributed by atoms with Crippen LogP contribution in [0.4, 0.5) is 0 Å². The van der Waals surface area contributed by atoms with Crippen molar-refractivity contribution in [2.75, 3.05) is 20.1 Å². The number of sulfonamides is 1. The second kappa shape index (κ2) is 7.09. The summed E-state index contributed by atoms with van der Waals surface area (Å²) in [7, 11) is -1.67. The van der Waals surface area contributed by atoms with E-state index >= 15 is 0 Å². The number of rotatable bonds is 5. The second-order valence-electron chi connectivity index (χ2n) is 5.57. The van der Waals surface area contributed by atoms with Crippen LogP contribution in [0.2, 0.25) is 5.02 Å². The standard InChI is InChI=1S/C15H23ClN2O2S/c1-3-12-5-4-8-18(11-12)21(19,20)15-9-13(10-17-2)6-7-14(15)16/h6-7,9,12,17H,3-5,8,10-11H2,1-2H3. The van der Waals surface area contributed by atoms with Crippen molar-refractivity contribution < 1.29 is 8.42 Å². The van der Waals surface area contributed by atoms with Crippen LogP contribution in [0, 0.1) is 5.92 Å². The number of nitrogens with zero attached hydrogens (tertiary/aromatic N) is 1. The summed E-state index contributed by atoms with van der Waals surface area (Å²) in [5, 5.41) is 3.33. The Labute approximate surface area is 132 Å². The first-order valence-corrected chi connectivity index (χ1v) is 9.24. The first-order chi connectivity index (χ1) is 9.98. The summed E-state index contributed by atoms with van der Waals surface area (Å²) in [6.07, 6.45) is 3.04. The molecule has 1 N–H and O–H groups in total. The Morgan fingerprint density at radius 3 is 2.86 bits per heavy atom. The van der Waals surface area contributed by atoms with Gasteiger partial charge in [-0.1, -0.05) is 31.0 Å². The van der Waals surface area contributed by atoms with Gasteiger partial charge in [0.05, 0.1) is 5.02 Å². The largest absolute Gasteiger partial charge is 0.316 e. The minimum Gasteiger partial charge on any atom is -0.316 e. The van der Waals surface area contributed by atoms with Crippen LogP contribution in [-0.2, 0) is 16.6 Å². The highest BCUT2D eigenvalue weighted by atomic mass is 35.5. The van der Waals surface area contributed by atoms with E-state index < -0.39 is 10.0 Å². The van der Waals surface area contributed by atoms with Gasteiger partial charge in [-0.05, 0) is 43.5 Å². The van der Waals surface area contributed by atoms with Crippen molar-refractivity contribution in [3.05, 3.63) is 28.8 Å². The summed E-state index contributed by atoms with van der Waals surface area (Å²) < 4.78 is 27.3. The summed E-state index contributed by atoms with van der Waals surface area (Å²) in [4.78, 5) is 0.230. The van der Waals surface area contributed by atoms with E-state index in [2.05, 4.69) is 12.2 Å². The Bertz CT molecular complexity index is 589. The summed E-state index contributed by atoms with van der Waals surface area (Å²) in [6.45, 7) is 3.93. The van der Waals surface area contributed by atoms with Crippen molar-refractivity contribution in [2.24, 2.45) is 5.92 Å². The molecule has 1 heterocycles. The monoisotopic (exact) mass is 330 g/mol. The van der Waals surface area contributed by atoms with Gasteiger partial charge in [0.25, 0.3) is 0 Å². The zero-order valence-electron chi connectivity index (χ0n) is 12.6. The quantitative estimate of drug-likeness (QED) is 0.903. The van der Waals surface area contributed by atoms with E-state index in [1.54, 1.807) is 16.4 Å². The molecule has 118 valence electrons. The average molecular weight is 331 g/mol. The summed E-state index contributed by atoms with van der Waals surface area (Å²) in [5.74, 6) is 0.452. The van der Waals surface area contributed by atoms with Crippen LogP contribution < -0.4 is 5.32 Å². The molecule has 0 bridgehead atoms. The molecule has 1 unspecified atom stereocenters. The van der Waals surface area contributed by atoms with Crippen molar-refractivity contribution in [2.45, 2.75) is 37.6 Å². The van der Waals surface area contributed by atoms with Gasteiger partial charge in [-0.15, -0.1) is 0 Å². The summed E-state index contributed by atoms with van der Waals surface area (Å²) in [5.41, 5.74) is 0.921. The SMILES string of the molecule is CCC1CCCN(S(=O)(=O)c2cc(CNC)ccc2Cl)C1. The van der Waals surface area contributed by atoms with Gasteiger partial charge in [-0.2, -0.15) is 4.31 Å². The fourth-order valence-corrected chi connectivity index (χ4v) is 4.86. The lowest BCUT2D eigenvalue weighted by atomic mass is 9.97. The molecule has 0 saturated carbocycles. The molecule has 1 atom stereocenters. The van der Waals surface area contributed by atoms with Crippen LogP contribution in [-0.4, -0.2) is 32.9 Å². The highest BCUT2D eigenvalue weighted by molar-refractivity contribution is 7.89. The average Bonchev–Trinajstić information content (AvgIpc) is 2.49. The lowest BCUT2D eigenvalue weighted by Crippen LogP contribution is -2.39. The molecule has 21 heavy (non-hydrogen) atoms. The third-order valence-electron chi connectivity index (χ3n) is 4.05. The molecule has 1 aromatic rings. The number of hydrogen-bond acceptors (Lipinski definition) is 3. The molecule has 2 rings (SSSR count). The second-order valence-corrected chi connectivity index (χ2v) is 7.89. The Morgan fingerprint density at radius 2 is 2.19 bits per heavy atom. The third-order valence-corrected chi connectivity index (χ3v) is 6.40. The van der Waals surface area contributed by atoms with Crippen LogP contribution in [0.15, 0.2) is 23.1 Å². The fourth-order valence-electron chi connectivity index (χ4n) is 2.78. The Morgan fingerprint density at radius 1 is 1.43 bits per heavy atom. The van der Waals surface area contributed by atoms with Crippen molar-refractivity contribution in [3.63, 3.8) is 0 Å². The Hall–Kier alpha value is -0.620. The molecule has 1 aliphatic rings. The van der Waals surface area contributed by atoms with E-state index in [1.165, 1.54) is 0 Å². The lowest BCUT2D eigenvalue weighted by Gasteiger charge is -2.31. The molecule has 1 fully saturated rings. The zero-order chi connectivity index (χ0) is 15.5. The molecule has 4 nitrogen and oxygen atoms in total. The van der Waals surface area contributed by atoms with E-state index in [1.807, 2.05) is 13.1 Å². The number of piperidine rings is 1. The minimum atomic E-state index is -3.50. The number of halogens is 1. The molecule has 6 heteroatoms. The first-order valence-electron chi connectivity index (χ1n) is 7.42. The molecule has 0 radical (unpaired) electrons. The van der Waals surface area contributed by atoms with E-state index in [0.717, 1.165) is 24.8 Å². The van der Waals surface area contributed by atoms with Gasteiger partial charge >= 0.3 is 0 Å². The third kappa shape index (κ3) is 3.77. The predicted octanol–water partition coefficient (Wildman–Crippen LogP) is 2.87. The van der Waals surface area contributed by atoms with Gasteiger partial charge < -0.3 is 5.32 Å². The zero-order valence-corrected chi connectivity index (χ0v) is 14.2. The van der Waals surface area contributed by atoms with Gasteiger partial charge in [-0.25, -0.2) is 8.42 Å². The molecule has 0 amide bonds. The van der Waals surface area contributed by atoms with Gasteiger partial charge in [-0.3, -0.25) is 0 Å². The maximum Gasteiger partial charge on any atom is 0.244 e. The highest BCUT2D eigenvalue weighted by Crippen LogP contribution is 2.29. The molecule has 0 aliphatic carbocycles. The number of hydrogen-bond donors (Lipinski definition) is 1. The molecule has 1 aromatic carbocycles. The highest BCUT2D eigenvalue weighted by Gasteiger charge is 2.31. The first kappa shape index (κ1) is 16.7. The van der Waals surface area contributed by atoms with Crippen LogP contribution in [0.3, 0.4) is 0 Å². The summed E-state index contributed by atoms with van der Waals surface area (Å²) >= 11 is 6.14. The van der Waals surface area contributed by atoms with Gasteiger partial charge in [0.1, 0.15) is 4.90 Å². The normalized spacial score (nSPS) is 20.6. The Balaban J connectivity index is 2.32. The van der Waals surface area contributed by atoms with Gasteiger partial charge in [0.15, 0.2) is 0 Å². The van der Waals surface area contributed by atoms with Crippen LogP contribution >= 0.6 is 11.6 Å². The van der Waals surface area contributed by atoms with Crippen molar-refractivity contribution in [3.8, 4) is 0 Å². The lowest BCUT2D eigenvalue weighted by molar-refractivity contribution is 0.261. The molecule has 0 aromatic heterocycles. The topological polar surface area (TPSA) is 49.4 Å². The molecule has 0 spiro atoms.